The van der Waals surface area contributed by atoms with Crippen molar-refractivity contribution in [2.24, 2.45) is 0 Å². The summed E-state index contributed by atoms with van der Waals surface area (Å²) in [4.78, 5) is 0. The van der Waals surface area contributed by atoms with E-state index in [9.17, 15) is 8.78 Å². The van der Waals surface area contributed by atoms with Gasteiger partial charge >= 0.3 is 0 Å². The molecule has 1 nitrogen and oxygen atoms in total. The molecular formula is C10H10F2OS. The quantitative estimate of drug-likeness (QED) is 0.764. The van der Waals surface area contributed by atoms with E-state index in [-0.39, 0.29) is 11.3 Å². The molecule has 0 aliphatic carbocycles. The van der Waals surface area contributed by atoms with Crippen LogP contribution in [0.15, 0.2) is 18.2 Å². The molecule has 0 bridgehead atoms. The van der Waals surface area contributed by atoms with Gasteiger partial charge in [-0.2, -0.15) is 12.6 Å². The zero-order chi connectivity index (χ0) is 10.6. The SMILES string of the molecule is COc1cc(F)c(C=CCS)c(F)c1. The molecule has 0 saturated heterocycles. The van der Waals surface area contributed by atoms with Gasteiger partial charge in [0.05, 0.1) is 7.11 Å². The third-order valence-electron chi connectivity index (χ3n) is 1.68. The molecule has 0 spiro atoms. The monoisotopic (exact) mass is 216 g/mol. The molecule has 0 N–H and O–H groups in total. The lowest BCUT2D eigenvalue weighted by atomic mass is 10.2. The van der Waals surface area contributed by atoms with Crippen molar-refractivity contribution >= 4 is 18.7 Å². The summed E-state index contributed by atoms with van der Waals surface area (Å²) in [5.74, 6) is -0.673. The fourth-order valence-corrected chi connectivity index (χ4v) is 1.11. The maximum atomic E-state index is 13.2. The second kappa shape index (κ2) is 5.00. The number of methoxy groups -OCH3 is 1. The van der Waals surface area contributed by atoms with Crippen LogP contribution in [0.3, 0.4) is 0 Å². The minimum absolute atomic E-state index is 0.0696. The minimum atomic E-state index is -0.639. The summed E-state index contributed by atoms with van der Waals surface area (Å²) in [6.45, 7) is 0. The fraction of sp³-hybridized carbons (Fsp3) is 0.200. The van der Waals surface area contributed by atoms with Gasteiger partial charge in [0.25, 0.3) is 0 Å². The third kappa shape index (κ3) is 2.48. The Morgan fingerprint density at radius 2 is 1.93 bits per heavy atom. The van der Waals surface area contributed by atoms with Crippen LogP contribution in [-0.4, -0.2) is 12.9 Å². The van der Waals surface area contributed by atoms with Gasteiger partial charge in [0.15, 0.2) is 0 Å². The fourth-order valence-electron chi connectivity index (χ4n) is 1.01. The van der Waals surface area contributed by atoms with Crippen LogP contribution in [0.4, 0.5) is 8.78 Å². The van der Waals surface area contributed by atoms with Crippen molar-refractivity contribution in [3.63, 3.8) is 0 Å². The van der Waals surface area contributed by atoms with E-state index >= 15 is 0 Å². The molecule has 1 aromatic carbocycles. The number of ether oxygens (including phenoxy) is 1. The highest BCUT2D eigenvalue weighted by Gasteiger charge is 2.08. The maximum Gasteiger partial charge on any atom is 0.137 e. The van der Waals surface area contributed by atoms with E-state index in [4.69, 9.17) is 4.74 Å². The van der Waals surface area contributed by atoms with Crippen LogP contribution in [0.5, 0.6) is 5.75 Å². The number of thiol groups is 1. The lowest BCUT2D eigenvalue weighted by Gasteiger charge is -2.03. The standard InChI is InChI=1S/C10H10F2OS/c1-13-7-5-9(11)8(3-2-4-14)10(12)6-7/h2-3,5-6,14H,4H2,1H3. The van der Waals surface area contributed by atoms with Crippen molar-refractivity contribution in [1.82, 2.24) is 0 Å². The summed E-state index contributed by atoms with van der Waals surface area (Å²) in [7, 11) is 1.36. The van der Waals surface area contributed by atoms with Crippen LogP contribution in [0.2, 0.25) is 0 Å². The Morgan fingerprint density at radius 1 is 1.36 bits per heavy atom. The lowest BCUT2D eigenvalue weighted by molar-refractivity contribution is 0.406. The number of halogens is 2. The summed E-state index contributed by atoms with van der Waals surface area (Å²) in [6, 6.07) is 2.28. The minimum Gasteiger partial charge on any atom is -0.497 e. The molecule has 76 valence electrons. The first-order chi connectivity index (χ1) is 6.69. The molecule has 1 rings (SSSR count). The molecule has 0 saturated carbocycles. The number of rotatable bonds is 3. The van der Waals surface area contributed by atoms with Gasteiger partial charge in [-0.3, -0.25) is 0 Å². The van der Waals surface area contributed by atoms with E-state index in [0.717, 1.165) is 12.1 Å². The Morgan fingerprint density at radius 3 is 2.36 bits per heavy atom. The van der Waals surface area contributed by atoms with Crippen LogP contribution in [0.25, 0.3) is 6.08 Å². The highest BCUT2D eigenvalue weighted by molar-refractivity contribution is 7.80. The van der Waals surface area contributed by atoms with Gasteiger partial charge in [-0.05, 0) is 0 Å². The number of benzene rings is 1. The molecule has 0 aliphatic heterocycles. The van der Waals surface area contributed by atoms with Crippen molar-refractivity contribution in [2.45, 2.75) is 0 Å². The van der Waals surface area contributed by atoms with E-state index in [1.807, 2.05) is 0 Å². The highest BCUT2D eigenvalue weighted by atomic mass is 32.1. The van der Waals surface area contributed by atoms with Gasteiger partial charge in [0.1, 0.15) is 17.4 Å². The normalized spacial score (nSPS) is 10.9. The van der Waals surface area contributed by atoms with E-state index in [0.29, 0.717) is 5.75 Å². The Labute approximate surface area is 86.8 Å². The van der Waals surface area contributed by atoms with Crippen LogP contribution < -0.4 is 4.74 Å². The first kappa shape index (κ1) is 11.0. The van der Waals surface area contributed by atoms with E-state index in [1.165, 1.54) is 13.2 Å². The molecule has 0 atom stereocenters. The van der Waals surface area contributed by atoms with Crippen LogP contribution >= 0.6 is 12.6 Å². The maximum absolute atomic E-state index is 13.2. The molecule has 0 heterocycles. The van der Waals surface area contributed by atoms with Gasteiger partial charge in [-0.15, -0.1) is 0 Å². The molecule has 0 fully saturated rings. The van der Waals surface area contributed by atoms with Crippen molar-refractivity contribution in [1.29, 1.82) is 0 Å². The zero-order valence-electron chi connectivity index (χ0n) is 7.63. The first-order valence-corrected chi connectivity index (χ1v) is 4.62. The zero-order valence-corrected chi connectivity index (χ0v) is 8.52. The molecular weight excluding hydrogens is 206 g/mol. The van der Waals surface area contributed by atoms with E-state index in [2.05, 4.69) is 12.6 Å². The molecule has 0 amide bonds. The second-order valence-corrected chi connectivity index (χ2v) is 2.95. The molecule has 0 unspecified atom stereocenters. The molecule has 0 aliphatic rings. The van der Waals surface area contributed by atoms with Gasteiger partial charge in [0, 0.05) is 23.4 Å². The Bertz CT molecular complexity index is 327. The summed E-state index contributed by atoms with van der Waals surface area (Å²) in [6.07, 6.45) is 2.92. The predicted octanol–water partition coefficient (Wildman–Crippen LogP) is 2.92. The number of hydrogen-bond donors (Lipinski definition) is 1. The average molecular weight is 216 g/mol. The molecule has 1 aromatic rings. The van der Waals surface area contributed by atoms with Gasteiger partial charge in [0.2, 0.25) is 0 Å². The summed E-state index contributed by atoms with van der Waals surface area (Å²) >= 11 is 3.90. The van der Waals surface area contributed by atoms with Crippen LogP contribution in [0.1, 0.15) is 5.56 Å². The summed E-state index contributed by atoms with van der Waals surface area (Å²) < 4.78 is 31.2. The van der Waals surface area contributed by atoms with Crippen molar-refractivity contribution in [3.05, 3.63) is 35.4 Å². The smallest absolute Gasteiger partial charge is 0.137 e. The molecule has 0 aromatic heterocycles. The summed E-state index contributed by atoms with van der Waals surface area (Å²) in [5, 5.41) is 0. The average Bonchev–Trinajstić information content (AvgIpc) is 2.16. The van der Waals surface area contributed by atoms with E-state index < -0.39 is 11.6 Å². The largest absolute Gasteiger partial charge is 0.497 e. The second-order valence-electron chi connectivity index (χ2n) is 2.59. The molecule has 0 radical (unpaired) electrons. The van der Waals surface area contributed by atoms with Gasteiger partial charge in [-0.25, -0.2) is 8.78 Å². The van der Waals surface area contributed by atoms with Crippen molar-refractivity contribution in [2.75, 3.05) is 12.9 Å². The van der Waals surface area contributed by atoms with Gasteiger partial charge in [-0.1, -0.05) is 12.2 Å². The van der Waals surface area contributed by atoms with Crippen LogP contribution in [0, 0.1) is 11.6 Å². The Hall–Kier alpha value is -1.03. The van der Waals surface area contributed by atoms with Crippen molar-refractivity contribution in [3.8, 4) is 5.75 Å². The third-order valence-corrected chi connectivity index (χ3v) is 1.89. The van der Waals surface area contributed by atoms with E-state index in [1.54, 1.807) is 6.08 Å². The number of hydrogen-bond acceptors (Lipinski definition) is 2. The van der Waals surface area contributed by atoms with Crippen molar-refractivity contribution < 1.29 is 13.5 Å². The molecule has 4 heteroatoms. The Kier molecular flexibility index (Phi) is 3.95. The lowest BCUT2D eigenvalue weighted by Crippen LogP contribution is -1.92. The summed E-state index contributed by atoms with van der Waals surface area (Å²) in [5.41, 5.74) is -0.0696. The Balaban J connectivity index is 3.11. The molecule has 14 heavy (non-hydrogen) atoms. The van der Waals surface area contributed by atoms with Crippen LogP contribution in [-0.2, 0) is 0 Å². The predicted molar refractivity (Wildman–Crippen MR) is 55.8 cm³/mol. The highest BCUT2D eigenvalue weighted by Crippen LogP contribution is 2.21. The first-order valence-electron chi connectivity index (χ1n) is 3.99. The topological polar surface area (TPSA) is 9.23 Å². The van der Waals surface area contributed by atoms with Gasteiger partial charge < -0.3 is 4.74 Å².